The largest absolute Gasteiger partial charge is 0.481 e. The number of nitrogens with one attached hydrogen (secondary N) is 3. The smallest absolute Gasteiger partial charge is 0.339 e. The average Bonchev–Trinajstić information content (AvgIpc) is 2.72. The van der Waals surface area contributed by atoms with Gasteiger partial charge < -0.3 is 10.4 Å². The summed E-state index contributed by atoms with van der Waals surface area (Å²) < 4.78 is 1.40. The van der Waals surface area contributed by atoms with Crippen molar-refractivity contribution in [1.29, 1.82) is 0 Å². The molecule has 1 amide bonds. The molecular weight excluding hydrogens is 388 g/mol. The zero-order valence-electron chi connectivity index (χ0n) is 16.0. The van der Waals surface area contributed by atoms with Gasteiger partial charge in [-0.25, -0.2) is 4.98 Å². The van der Waals surface area contributed by atoms with Gasteiger partial charge >= 0.3 is 11.9 Å². The van der Waals surface area contributed by atoms with Crippen molar-refractivity contribution in [3.63, 3.8) is 0 Å². The summed E-state index contributed by atoms with van der Waals surface area (Å²) in [5.74, 6) is -1.53. The molecule has 0 aliphatic rings. The van der Waals surface area contributed by atoms with Crippen molar-refractivity contribution in [1.82, 2.24) is 9.72 Å². The first-order valence-corrected chi connectivity index (χ1v) is 9.09. The minimum Gasteiger partial charge on any atom is -0.481 e. The van der Waals surface area contributed by atoms with Gasteiger partial charge in [0.2, 0.25) is 0 Å². The van der Waals surface area contributed by atoms with E-state index in [0.29, 0.717) is 17.6 Å². The summed E-state index contributed by atoms with van der Waals surface area (Å²) in [5.41, 5.74) is 12.4. The Morgan fingerprint density at radius 1 is 1.23 bits per heavy atom. The van der Waals surface area contributed by atoms with Crippen LogP contribution in [0.25, 0.3) is 5.52 Å². The fourth-order valence-electron chi connectivity index (χ4n) is 3.00. The summed E-state index contributed by atoms with van der Waals surface area (Å²) in [6.07, 6.45) is 4.62. The standard InChI is InChI=1S/C20H20N6O4/c21-20(22)24-9-12-3-4-15-6-14(7-17(27)26(15)11-12)19(30)25-16(8-18(28)29)13-2-1-5-23-10-13/h1-7,10-11,16H,8-9H2,(H,25,30)(H,28,29)(H4,21,22,24)/p+2. The van der Waals surface area contributed by atoms with Gasteiger partial charge in [0.1, 0.15) is 0 Å². The van der Waals surface area contributed by atoms with E-state index < -0.39 is 23.5 Å². The molecule has 0 aromatic carbocycles. The molecule has 0 aliphatic carbocycles. The number of carbonyl (C=O) groups excluding carboxylic acids is 1. The van der Waals surface area contributed by atoms with Crippen LogP contribution in [0.4, 0.5) is 0 Å². The van der Waals surface area contributed by atoms with Crippen LogP contribution in [0.1, 0.15) is 33.9 Å². The maximum Gasteiger partial charge on any atom is 0.339 e. The molecule has 30 heavy (non-hydrogen) atoms. The molecule has 0 radical (unpaired) electrons. The average molecular weight is 410 g/mol. The van der Waals surface area contributed by atoms with E-state index in [1.165, 1.54) is 10.5 Å². The molecule has 3 aromatic heterocycles. The van der Waals surface area contributed by atoms with E-state index in [1.807, 2.05) is 0 Å². The second-order valence-corrected chi connectivity index (χ2v) is 6.68. The van der Waals surface area contributed by atoms with Crippen LogP contribution in [-0.4, -0.2) is 27.3 Å². The second-order valence-electron chi connectivity index (χ2n) is 6.68. The number of aromatic nitrogens is 2. The molecule has 10 heteroatoms. The highest BCUT2D eigenvalue weighted by atomic mass is 16.4. The van der Waals surface area contributed by atoms with Gasteiger partial charge in [-0.1, -0.05) is 6.07 Å². The molecule has 154 valence electrons. The number of carbonyl (C=O) groups is 2. The minimum atomic E-state index is -1.06. The molecule has 0 fully saturated rings. The number of nitrogens with two attached hydrogens (primary N) is 2. The van der Waals surface area contributed by atoms with Crippen LogP contribution in [0.2, 0.25) is 0 Å². The third kappa shape index (κ3) is 4.98. The molecule has 0 saturated carbocycles. The molecule has 0 aliphatic heterocycles. The number of carboxylic acids is 1. The number of aromatic amines is 1. The lowest BCUT2D eigenvalue weighted by atomic mass is 10.1. The molecule has 1 atom stereocenters. The summed E-state index contributed by atoms with van der Waals surface area (Å²) in [7, 11) is 0. The van der Waals surface area contributed by atoms with Gasteiger partial charge in [-0.15, -0.1) is 0 Å². The fourth-order valence-corrected chi connectivity index (χ4v) is 3.00. The van der Waals surface area contributed by atoms with Crippen LogP contribution in [-0.2, 0) is 11.3 Å². The first-order valence-electron chi connectivity index (χ1n) is 9.09. The van der Waals surface area contributed by atoms with E-state index in [0.717, 1.165) is 5.56 Å². The molecular formula is C20H22N6O4+2. The summed E-state index contributed by atoms with van der Waals surface area (Å²) in [4.78, 5) is 42.1. The number of carboxylic acid groups (broad SMARTS) is 1. The Morgan fingerprint density at radius 3 is 2.70 bits per heavy atom. The van der Waals surface area contributed by atoms with Crippen LogP contribution >= 0.6 is 0 Å². The van der Waals surface area contributed by atoms with Gasteiger partial charge in [0, 0.05) is 40.5 Å². The number of nitrogens with zero attached hydrogens (tertiary/aromatic N) is 1. The fraction of sp³-hybridized carbons (Fsp3) is 0.150. The molecule has 3 aromatic rings. The van der Waals surface area contributed by atoms with E-state index >= 15 is 0 Å². The van der Waals surface area contributed by atoms with Gasteiger partial charge in [0.05, 0.1) is 19.0 Å². The molecule has 3 heterocycles. The lowest BCUT2D eigenvalue weighted by Gasteiger charge is -2.16. The van der Waals surface area contributed by atoms with E-state index in [2.05, 4.69) is 15.3 Å². The van der Waals surface area contributed by atoms with Gasteiger partial charge in [0.25, 0.3) is 11.5 Å². The number of amides is 1. The SMILES string of the molecule is NC(N)=[NH+]Cc1ccc2cc(C(=O)NC(CC(=O)O)c3ccc[nH+]c3)cc(=O)n2c1. The van der Waals surface area contributed by atoms with Crippen LogP contribution in [0.15, 0.2) is 59.8 Å². The van der Waals surface area contributed by atoms with E-state index in [-0.39, 0.29) is 17.9 Å². The van der Waals surface area contributed by atoms with Crippen molar-refractivity contribution < 1.29 is 24.7 Å². The van der Waals surface area contributed by atoms with Crippen molar-refractivity contribution in [3.05, 3.63) is 82.0 Å². The Kier molecular flexibility index (Phi) is 6.06. The van der Waals surface area contributed by atoms with Crippen LogP contribution in [0, 0.1) is 0 Å². The monoisotopic (exact) mass is 410 g/mol. The normalized spacial score (nSPS) is 11.6. The first kappa shape index (κ1) is 20.5. The number of rotatable bonds is 7. The number of fused-ring (bicyclic) bond motifs is 1. The van der Waals surface area contributed by atoms with Gasteiger partial charge in [0.15, 0.2) is 12.4 Å². The highest BCUT2D eigenvalue weighted by Gasteiger charge is 2.21. The predicted molar refractivity (Wildman–Crippen MR) is 107 cm³/mol. The van der Waals surface area contributed by atoms with Gasteiger partial charge in [-0.3, -0.25) is 35.2 Å². The molecule has 0 saturated heterocycles. The van der Waals surface area contributed by atoms with Gasteiger partial charge in [-0.05, 0) is 18.2 Å². The zero-order chi connectivity index (χ0) is 21.7. The van der Waals surface area contributed by atoms with E-state index in [1.54, 1.807) is 48.9 Å². The zero-order valence-corrected chi connectivity index (χ0v) is 16.0. The maximum absolute atomic E-state index is 12.7. The third-order valence-electron chi connectivity index (χ3n) is 4.44. The third-order valence-corrected chi connectivity index (χ3v) is 4.44. The van der Waals surface area contributed by atoms with Crippen LogP contribution in [0.3, 0.4) is 0 Å². The predicted octanol–water partition coefficient (Wildman–Crippen LogP) is -2.09. The first-order chi connectivity index (χ1) is 14.3. The number of pyridine rings is 3. The molecule has 0 spiro atoms. The number of aliphatic carboxylic acids is 1. The molecule has 3 rings (SSSR count). The van der Waals surface area contributed by atoms with Crippen molar-refractivity contribution >= 4 is 23.4 Å². The molecule has 10 nitrogen and oxygen atoms in total. The number of H-pyrrole nitrogens is 1. The van der Waals surface area contributed by atoms with Crippen molar-refractivity contribution in [2.75, 3.05) is 0 Å². The Labute approximate surface area is 170 Å². The topological polar surface area (TPSA) is 168 Å². The number of hydrogen-bond donors (Lipinski definition) is 5. The van der Waals surface area contributed by atoms with Crippen molar-refractivity contribution in [2.24, 2.45) is 11.5 Å². The van der Waals surface area contributed by atoms with Crippen LogP contribution in [0.5, 0.6) is 0 Å². The highest BCUT2D eigenvalue weighted by Crippen LogP contribution is 2.16. The summed E-state index contributed by atoms with van der Waals surface area (Å²) >= 11 is 0. The van der Waals surface area contributed by atoms with E-state index in [4.69, 9.17) is 11.5 Å². The van der Waals surface area contributed by atoms with Crippen molar-refractivity contribution in [2.45, 2.75) is 19.0 Å². The van der Waals surface area contributed by atoms with Crippen LogP contribution < -0.4 is 32.3 Å². The highest BCUT2D eigenvalue weighted by molar-refractivity contribution is 5.95. The molecule has 8 N–H and O–H groups in total. The molecule has 1 unspecified atom stereocenters. The lowest BCUT2D eigenvalue weighted by molar-refractivity contribution is -0.477. The lowest BCUT2D eigenvalue weighted by Crippen LogP contribution is -2.76. The maximum atomic E-state index is 12.7. The van der Waals surface area contributed by atoms with Gasteiger partial charge in [-0.2, -0.15) is 0 Å². The summed E-state index contributed by atoms with van der Waals surface area (Å²) in [5, 5.41) is 11.9. The Bertz CT molecular complexity index is 1170. The molecule has 0 bridgehead atoms. The van der Waals surface area contributed by atoms with Crippen molar-refractivity contribution in [3.8, 4) is 0 Å². The van der Waals surface area contributed by atoms with E-state index in [9.17, 15) is 19.5 Å². The second kappa shape index (κ2) is 8.86. The summed E-state index contributed by atoms with van der Waals surface area (Å²) in [6.45, 7) is 0.345. The number of hydrogen-bond acceptors (Lipinski definition) is 3. The Morgan fingerprint density at radius 2 is 2.03 bits per heavy atom. The number of guanidine groups is 1. The Balaban J connectivity index is 1.88. The summed E-state index contributed by atoms with van der Waals surface area (Å²) in [6, 6.07) is 8.91. The quantitative estimate of drug-likeness (QED) is 0.221. The Hall–Kier alpha value is -4.21. The minimum absolute atomic E-state index is 0.0707.